The largest absolute Gasteiger partial charge is 0.497 e. The zero-order valence-corrected chi connectivity index (χ0v) is 9.19. The summed E-state index contributed by atoms with van der Waals surface area (Å²) in [5, 5.41) is 0. The molecule has 2 rings (SSSR count). The van der Waals surface area contributed by atoms with Gasteiger partial charge in [0.1, 0.15) is 11.5 Å². The van der Waals surface area contributed by atoms with Gasteiger partial charge >= 0.3 is 0 Å². The van der Waals surface area contributed by atoms with Crippen molar-refractivity contribution in [1.82, 2.24) is 0 Å². The van der Waals surface area contributed by atoms with Crippen LogP contribution in [-0.2, 0) is 0 Å². The topological polar surface area (TPSA) is 44.5 Å². The van der Waals surface area contributed by atoms with E-state index < -0.39 is 0 Å². The van der Waals surface area contributed by atoms with Crippen LogP contribution < -0.4 is 15.2 Å². The molecule has 0 amide bonds. The van der Waals surface area contributed by atoms with Crippen LogP contribution in [0.5, 0.6) is 11.5 Å². The van der Waals surface area contributed by atoms with Gasteiger partial charge in [-0.2, -0.15) is 0 Å². The molecule has 0 aromatic heterocycles. The molecular formula is C12H17NO2. The fourth-order valence-corrected chi connectivity index (χ4v) is 2.01. The molecule has 0 bridgehead atoms. The molecule has 1 saturated carbocycles. The van der Waals surface area contributed by atoms with Crippen LogP contribution in [0, 0.1) is 5.92 Å². The molecule has 0 saturated heterocycles. The molecule has 0 aliphatic heterocycles. The zero-order valence-electron chi connectivity index (χ0n) is 9.19. The molecule has 0 radical (unpaired) electrons. The van der Waals surface area contributed by atoms with E-state index in [1.54, 1.807) is 14.2 Å². The van der Waals surface area contributed by atoms with E-state index in [1.165, 1.54) is 12.0 Å². The van der Waals surface area contributed by atoms with Crippen LogP contribution in [0.1, 0.15) is 17.9 Å². The van der Waals surface area contributed by atoms with Crippen molar-refractivity contribution in [2.45, 2.75) is 12.3 Å². The van der Waals surface area contributed by atoms with Gasteiger partial charge in [-0.3, -0.25) is 0 Å². The molecular weight excluding hydrogens is 190 g/mol. The summed E-state index contributed by atoms with van der Waals surface area (Å²) in [6.07, 6.45) is 1.18. The molecule has 1 aromatic carbocycles. The van der Waals surface area contributed by atoms with Gasteiger partial charge in [0.15, 0.2) is 0 Å². The maximum atomic E-state index is 5.64. The van der Waals surface area contributed by atoms with E-state index >= 15 is 0 Å². The van der Waals surface area contributed by atoms with Crippen molar-refractivity contribution in [2.75, 3.05) is 20.8 Å². The molecule has 2 atom stereocenters. The number of hydrogen-bond donors (Lipinski definition) is 1. The number of hydrogen-bond acceptors (Lipinski definition) is 3. The summed E-state index contributed by atoms with van der Waals surface area (Å²) in [6, 6.07) is 5.99. The lowest BCUT2D eigenvalue weighted by Crippen LogP contribution is -2.02. The first kappa shape index (κ1) is 10.3. The van der Waals surface area contributed by atoms with Crippen LogP contribution in [0.25, 0.3) is 0 Å². The number of methoxy groups -OCH3 is 2. The van der Waals surface area contributed by atoms with Crippen LogP contribution in [0.3, 0.4) is 0 Å². The Hall–Kier alpha value is -1.22. The highest BCUT2D eigenvalue weighted by Crippen LogP contribution is 2.50. The predicted octanol–water partition coefficient (Wildman–Crippen LogP) is 1.77. The number of nitrogens with two attached hydrogens (primary N) is 1. The fourth-order valence-electron chi connectivity index (χ4n) is 2.01. The summed E-state index contributed by atoms with van der Waals surface area (Å²) in [5.41, 5.74) is 6.90. The molecule has 15 heavy (non-hydrogen) atoms. The van der Waals surface area contributed by atoms with E-state index in [0.29, 0.717) is 11.8 Å². The zero-order chi connectivity index (χ0) is 10.8. The molecule has 3 nitrogen and oxygen atoms in total. The van der Waals surface area contributed by atoms with Gasteiger partial charge < -0.3 is 15.2 Å². The summed E-state index contributed by atoms with van der Waals surface area (Å²) >= 11 is 0. The smallest absolute Gasteiger partial charge is 0.126 e. The van der Waals surface area contributed by atoms with Crippen molar-refractivity contribution >= 4 is 0 Å². The Morgan fingerprint density at radius 3 is 2.67 bits per heavy atom. The van der Waals surface area contributed by atoms with Crippen molar-refractivity contribution in [1.29, 1.82) is 0 Å². The summed E-state index contributed by atoms with van der Waals surface area (Å²) in [4.78, 5) is 0. The van der Waals surface area contributed by atoms with Crippen molar-refractivity contribution in [3.05, 3.63) is 23.8 Å². The first-order valence-corrected chi connectivity index (χ1v) is 5.22. The van der Waals surface area contributed by atoms with E-state index in [1.807, 2.05) is 12.1 Å². The van der Waals surface area contributed by atoms with Crippen LogP contribution in [-0.4, -0.2) is 20.8 Å². The van der Waals surface area contributed by atoms with Gasteiger partial charge in [-0.15, -0.1) is 0 Å². The Balaban J connectivity index is 2.24. The van der Waals surface area contributed by atoms with Gasteiger partial charge in [0, 0.05) is 6.07 Å². The van der Waals surface area contributed by atoms with Crippen molar-refractivity contribution in [2.24, 2.45) is 11.7 Å². The summed E-state index contributed by atoms with van der Waals surface area (Å²) in [7, 11) is 3.35. The van der Waals surface area contributed by atoms with Crippen LogP contribution in [0.2, 0.25) is 0 Å². The molecule has 1 aliphatic carbocycles. The first-order chi connectivity index (χ1) is 7.30. The average molecular weight is 207 g/mol. The van der Waals surface area contributed by atoms with Gasteiger partial charge in [0.05, 0.1) is 14.2 Å². The van der Waals surface area contributed by atoms with E-state index in [4.69, 9.17) is 15.2 Å². The Morgan fingerprint density at radius 1 is 1.33 bits per heavy atom. The van der Waals surface area contributed by atoms with Crippen LogP contribution in [0.15, 0.2) is 18.2 Å². The Morgan fingerprint density at radius 2 is 2.13 bits per heavy atom. The quantitative estimate of drug-likeness (QED) is 0.818. The monoisotopic (exact) mass is 207 g/mol. The molecule has 1 fully saturated rings. The van der Waals surface area contributed by atoms with Crippen LogP contribution in [0.4, 0.5) is 0 Å². The highest BCUT2D eigenvalue weighted by molar-refractivity contribution is 5.45. The predicted molar refractivity (Wildman–Crippen MR) is 59.4 cm³/mol. The molecule has 3 heteroatoms. The number of benzene rings is 1. The van der Waals surface area contributed by atoms with E-state index in [2.05, 4.69) is 6.07 Å². The summed E-state index contributed by atoms with van der Waals surface area (Å²) in [5.74, 6) is 2.96. The second kappa shape index (κ2) is 4.11. The summed E-state index contributed by atoms with van der Waals surface area (Å²) in [6.45, 7) is 0.764. The lowest BCUT2D eigenvalue weighted by molar-refractivity contribution is 0.390. The van der Waals surface area contributed by atoms with Gasteiger partial charge in [0.2, 0.25) is 0 Å². The first-order valence-electron chi connectivity index (χ1n) is 5.22. The maximum absolute atomic E-state index is 5.64. The number of rotatable bonds is 4. The van der Waals surface area contributed by atoms with Gasteiger partial charge in [-0.25, -0.2) is 0 Å². The van der Waals surface area contributed by atoms with Crippen molar-refractivity contribution < 1.29 is 9.47 Å². The molecule has 1 aliphatic rings. The molecule has 1 aromatic rings. The minimum atomic E-state index is 0.579. The minimum absolute atomic E-state index is 0.579. The third-order valence-corrected chi connectivity index (χ3v) is 3.07. The maximum Gasteiger partial charge on any atom is 0.126 e. The second-order valence-electron chi connectivity index (χ2n) is 3.95. The summed E-state index contributed by atoms with van der Waals surface area (Å²) < 4.78 is 10.5. The molecule has 82 valence electrons. The molecule has 2 N–H and O–H groups in total. The Bertz CT molecular complexity index is 351. The minimum Gasteiger partial charge on any atom is -0.497 e. The third-order valence-electron chi connectivity index (χ3n) is 3.07. The van der Waals surface area contributed by atoms with Crippen molar-refractivity contribution in [3.63, 3.8) is 0 Å². The van der Waals surface area contributed by atoms with Crippen LogP contribution >= 0.6 is 0 Å². The molecule has 0 spiro atoms. The van der Waals surface area contributed by atoms with Gasteiger partial charge in [-0.1, -0.05) is 6.07 Å². The van der Waals surface area contributed by atoms with Gasteiger partial charge in [0.25, 0.3) is 0 Å². The van der Waals surface area contributed by atoms with E-state index in [0.717, 1.165) is 18.0 Å². The second-order valence-corrected chi connectivity index (χ2v) is 3.95. The fraction of sp³-hybridized carbons (Fsp3) is 0.500. The molecule has 0 heterocycles. The Labute approximate surface area is 90.2 Å². The highest BCUT2D eigenvalue weighted by Gasteiger charge is 2.38. The lowest BCUT2D eigenvalue weighted by Gasteiger charge is -2.09. The van der Waals surface area contributed by atoms with E-state index in [9.17, 15) is 0 Å². The van der Waals surface area contributed by atoms with Crippen molar-refractivity contribution in [3.8, 4) is 11.5 Å². The van der Waals surface area contributed by atoms with Gasteiger partial charge in [-0.05, 0) is 36.4 Å². The Kier molecular flexibility index (Phi) is 2.82. The lowest BCUT2D eigenvalue weighted by atomic mass is 10.1. The normalized spacial score (nSPS) is 23.7. The average Bonchev–Trinajstić information content (AvgIpc) is 3.07. The highest BCUT2D eigenvalue weighted by atomic mass is 16.5. The SMILES string of the molecule is COc1ccc([C@@H]2C[C@@H]2CN)c(OC)c1. The standard InChI is InChI=1S/C12H17NO2/c1-14-9-3-4-10(12(6-9)15-2)11-5-8(11)7-13/h3-4,6,8,11H,5,7,13H2,1-2H3/t8-,11-/m1/s1. The van der Waals surface area contributed by atoms with E-state index in [-0.39, 0.29) is 0 Å². The molecule has 0 unspecified atom stereocenters. The number of ether oxygens (including phenoxy) is 2. The third kappa shape index (κ3) is 1.92.